The Balaban J connectivity index is 2.01. The standard InChI is InChI=1S/C12H17BrN4O3S/c1-15(2)21(19,20)17-7-5-16(6-8-17)12(18)10-3-4-11(13)14-9-10/h3-4,9H,5-8H2,1-2H3. The molecule has 1 saturated heterocycles. The van der Waals surface area contributed by atoms with Gasteiger partial charge < -0.3 is 4.90 Å². The number of rotatable bonds is 3. The number of carbonyl (C=O) groups is 1. The van der Waals surface area contributed by atoms with E-state index >= 15 is 0 Å². The number of amides is 1. The second kappa shape index (κ2) is 6.39. The van der Waals surface area contributed by atoms with E-state index in [2.05, 4.69) is 20.9 Å². The molecule has 0 atom stereocenters. The van der Waals surface area contributed by atoms with E-state index in [0.717, 1.165) is 0 Å². The third-order valence-electron chi connectivity index (χ3n) is 3.29. The van der Waals surface area contributed by atoms with Gasteiger partial charge in [-0.05, 0) is 28.1 Å². The average molecular weight is 377 g/mol. The minimum atomic E-state index is -3.41. The summed E-state index contributed by atoms with van der Waals surface area (Å²) in [5.74, 6) is -0.128. The van der Waals surface area contributed by atoms with Crippen LogP contribution in [0.5, 0.6) is 0 Å². The SMILES string of the molecule is CN(C)S(=O)(=O)N1CCN(C(=O)c2ccc(Br)nc2)CC1. The maximum Gasteiger partial charge on any atom is 0.281 e. The third-order valence-corrected chi connectivity index (χ3v) is 5.70. The van der Waals surface area contributed by atoms with Crippen molar-refractivity contribution in [3.8, 4) is 0 Å². The molecule has 0 radical (unpaired) electrons. The largest absolute Gasteiger partial charge is 0.336 e. The number of hydrogen-bond donors (Lipinski definition) is 0. The van der Waals surface area contributed by atoms with Gasteiger partial charge in [-0.25, -0.2) is 4.98 Å². The van der Waals surface area contributed by atoms with E-state index < -0.39 is 10.2 Å². The first-order chi connectivity index (χ1) is 9.82. The molecule has 1 amide bonds. The van der Waals surface area contributed by atoms with Crippen molar-refractivity contribution >= 4 is 32.0 Å². The molecule has 116 valence electrons. The van der Waals surface area contributed by atoms with Crippen molar-refractivity contribution < 1.29 is 13.2 Å². The molecule has 1 aromatic heterocycles. The number of halogens is 1. The smallest absolute Gasteiger partial charge is 0.281 e. The Morgan fingerprint density at radius 1 is 1.24 bits per heavy atom. The zero-order chi connectivity index (χ0) is 15.6. The summed E-state index contributed by atoms with van der Waals surface area (Å²) in [6.07, 6.45) is 1.51. The van der Waals surface area contributed by atoms with Crippen LogP contribution >= 0.6 is 15.9 Å². The average Bonchev–Trinajstić information content (AvgIpc) is 2.47. The molecule has 0 bridgehead atoms. The fourth-order valence-corrected chi connectivity index (χ4v) is 3.36. The topological polar surface area (TPSA) is 73.8 Å². The summed E-state index contributed by atoms with van der Waals surface area (Å²) >= 11 is 3.22. The van der Waals surface area contributed by atoms with Gasteiger partial charge in [0.25, 0.3) is 16.1 Å². The molecule has 1 aliphatic heterocycles. The van der Waals surface area contributed by atoms with E-state index in [1.807, 2.05) is 0 Å². The number of piperazine rings is 1. The van der Waals surface area contributed by atoms with Gasteiger partial charge >= 0.3 is 0 Å². The summed E-state index contributed by atoms with van der Waals surface area (Å²) < 4.78 is 27.2. The summed E-state index contributed by atoms with van der Waals surface area (Å²) in [5.41, 5.74) is 0.502. The highest BCUT2D eigenvalue weighted by Crippen LogP contribution is 2.13. The van der Waals surface area contributed by atoms with E-state index in [9.17, 15) is 13.2 Å². The van der Waals surface area contributed by atoms with Crippen LogP contribution in [0, 0.1) is 0 Å². The summed E-state index contributed by atoms with van der Waals surface area (Å²) in [4.78, 5) is 18.0. The number of hydrogen-bond acceptors (Lipinski definition) is 4. The normalized spacial score (nSPS) is 17.2. The lowest BCUT2D eigenvalue weighted by Crippen LogP contribution is -2.53. The first-order valence-corrected chi connectivity index (χ1v) is 8.60. The van der Waals surface area contributed by atoms with Crippen molar-refractivity contribution in [1.29, 1.82) is 0 Å². The molecule has 0 aromatic carbocycles. The molecule has 2 heterocycles. The zero-order valence-electron chi connectivity index (χ0n) is 11.9. The summed E-state index contributed by atoms with van der Waals surface area (Å²) in [6, 6.07) is 3.41. The molecule has 0 aliphatic carbocycles. The molecule has 7 nitrogen and oxygen atoms in total. The van der Waals surface area contributed by atoms with Gasteiger partial charge in [-0.1, -0.05) is 0 Å². The molecule has 0 N–H and O–H groups in total. The van der Waals surface area contributed by atoms with Gasteiger partial charge in [0.2, 0.25) is 0 Å². The first-order valence-electron chi connectivity index (χ1n) is 6.41. The molecule has 0 unspecified atom stereocenters. The van der Waals surface area contributed by atoms with Crippen LogP contribution < -0.4 is 0 Å². The highest BCUT2D eigenvalue weighted by atomic mass is 79.9. The number of nitrogens with zero attached hydrogens (tertiary/aromatic N) is 4. The van der Waals surface area contributed by atoms with Crippen LogP contribution in [0.3, 0.4) is 0 Å². The van der Waals surface area contributed by atoms with E-state index in [-0.39, 0.29) is 5.91 Å². The lowest BCUT2D eigenvalue weighted by Gasteiger charge is -2.35. The van der Waals surface area contributed by atoms with Crippen molar-refractivity contribution in [1.82, 2.24) is 18.5 Å². The lowest BCUT2D eigenvalue weighted by atomic mass is 10.2. The molecular formula is C12H17BrN4O3S. The Morgan fingerprint density at radius 2 is 1.86 bits per heavy atom. The molecule has 1 aliphatic rings. The number of aromatic nitrogens is 1. The second-order valence-electron chi connectivity index (χ2n) is 4.85. The Kier molecular flexibility index (Phi) is 4.97. The molecule has 9 heteroatoms. The highest BCUT2D eigenvalue weighted by Gasteiger charge is 2.30. The van der Waals surface area contributed by atoms with E-state index in [1.54, 1.807) is 17.0 Å². The van der Waals surface area contributed by atoms with E-state index in [0.29, 0.717) is 36.3 Å². The molecule has 0 saturated carbocycles. The Morgan fingerprint density at radius 3 is 2.33 bits per heavy atom. The van der Waals surface area contributed by atoms with Crippen LogP contribution in [-0.4, -0.2) is 73.1 Å². The second-order valence-corrected chi connectivity index (χ2v) is 7.81. The van der Waals surface area contributed by atoms with Crippen LogP contribution in [0.25, 0.3) is 0 Å². The van der Waals surface area contributed by atoms with Gasteiger partial charge in [0.15, 0.2) is 0 Å². The molecule has 21 heavy (non-hydrogen) atoms. The quantitative estimate of drug-likeness (QED) is 0.716. The van der Waals surface area contributed by atoms with Gasteiger partial charge in [-0.2, -0.15) is 17.0 Å². The summed E-state index contributed by atoms with van der Waals surface area (Å²) in [6.45, 7) is 1.36. The van der Waals surface area contributed by atoms with Crippen LogP contribution in [0.4, 0.5) is 0 Å². The third kappa shape index (κ3) is 3.60. The van der Waals surface area contributed by atoms with Gasteiger partial charge in [0, 0.05) is 46.5 Å². The van der Waals surface area contributed by atoms with Gasteiger partial charge in [-0.3, -0.25) is 4.79 Å². The minimum absolute atomic E-state index is 0.128. The van der Waals surface area contributed by atoms with Crippen molar-refractivity contribution in [2.75, 3.05) is 40.3 Å². The van der Waals surface area contributed by atoms with Crippen molar-refractivity contribution in [2.45, 2.75) is 0 Å². The van der Waals surface area contributed by atoms with Crippen LogP contribution in [0.15, 0.2) is 22.9 Å². The molecule has 1 fully saturated rings. The summed E-state index contributed by atoms with van der Waals surface area (Å²) in [5, 5.41) is 0. The Labute approximate surface area is 132 Å². The molecule has 0 spiro atoms. The number of pyridine rings is 1. The van der Waals surface area contributed by atoms with Gasteiger partial charge in [-0.15, -0.1) is 0 Å². The number of carbonyl (C=O) groups excluding carboxylic acids is 1. The fraction of sp³-hybridized carbons (Fsp3) is 0.500. The van der Waals surface area contributed by atoms with Crippen LogP contribution in [-0.2, 0) is 10.2 Å². The van der Waals surface area contributed by atoms with Gasteiger partial charge in [0.05, 0.1) is 5.56 Å². The summed E-state index contributed by atoms with van der Waals surface area (Å²) in [7, 11) is -0.408. The molecule has 2 rings (SSSR count). The van der Waals surface area contributed by atoms with Crippen molar-refractivity contribution in [3.05, 3.63) is 28.5 Å². The van der Waals surface area contributed by atoms with Crippen molar-refractivity contribution in [2.24, 2.45) is 0 Å². The maximum atomic E-state index is 12.3. The van der Waals surface area contributed by atoms with Crippen LogP contribution in [0.2, 0.25) is 0 Å². The Bertz CT molecular complexity index is 610. The predicted molar refractivity (Wildman–Crippen MR) is 82.0 cm³/mol. The lowest BCUT2D eigenvalue weighted by molar-refractivity contribution is 0.0695. The first kappa shape index (κ1) is 16.3. The zero-order valence-corrected chi connectivity index (χ0v) is 14.3. The molecule has 1 aromatic rings. The predicted octanol–water partition coefficient (Wildman–Crippen LogP) is 0.408. The monoisotopic (exact) mass is 376 g/mol. The Hall–Kier alpha value is -1.03. The van der Waals surface area contributed by atoms with Crippen LogP contribution in [0.1, 0.15) is 10.4 Å². The highest BCUT2D eigenvalue weighted by molar-refractivity contribution is 9.10. The van der Waals surface area contributed by atoms with Gasteiger partial charge in [0.1, 0.15) is 4.60 Å². The van der Waals surface area contributed by atoms with Crippen molar-refractivity contribution in [3.63, 3.8) is 0 Å². The maximum absolute atomic E-state index is 12.3. The molecular weight excluding hydrogens is 360 g/mol. The fourth-order valence-electron chi connectivity index (χ4n) is 2.04. The minimum Gasteiger partial charge on any atom is -0.336 e. The van der Waals surface area contributed by atoms with E-state index in [1.165, 1.54) is 28.9 Å². The van der Waals surface area contributed by atoms with E-state index in [4.69, 9.17) is 0 Å².